The summed E-state index contributed by atoms with van der Waals surface area (Å²) in [5.41, 5.74) is 3.81. The summed E-state index contributed by atoms with van der Waals surface area (Å²) >= 11 is 1.59. The lowest BCUT2D eigenvalue weighted by Crippen LogP contribution is -2.35. The van der Waals surface area contributed by atoms with Gasteiger partial charge in [-0.2, -0.15) is 0 Å². The fourth-order valence-corrected chi connectivity index (χ4v) is 4.33. The molecule has 0 saturated carbocycles. The molecule has 1 aromatic heterocycles. The summed E-state index contributed by atoms with van der Waals surface area (Å²) in [5.74, 6) is 0.0271. The Kier molecular flexibility index (Phi) is 5.26. The van der Waals surface area contributed by atoms with Gasteiger partial charge in [-0.25, -0.2) is 0 Å². The maximum atomic E-state index is 13.0. The lowest BCUT2D eigenvalue weighted by molar-refractivity contribution is -0.120. The van der Waals surface area contributed by atoms with Gasteiger partial charge in [-0.3, -0.25) is 9.59 Å². The van der Waals surface area contributed by atoms with Gasteiger partial charge in [0.05, 0.1) is 6.42 Å². The summed E-state index contributed by atoms with van der Waals surface area (Å²) in [6.45, 7) is 2.53. The first-order valence-electron chi connectivity index (χ1n) is 9.41. The van der Waals surface area contributed by atoms with Crippen molar-refractivity contribution in [1.29, 1.82) is 0 Å². The number of thiophene rings is 1. The lowest BCUT2D eigenvalue weighted by atomic mass is 10.1. The van der Waals surface area contributed by atoms with E-state index < -0.39 is 0 Å². The van der Waals surface area contributed by atoms with Crippen LogP contribution in [-0.2, 0) is 24.2 Å². The van der Waals surface area contributed by atoms with E-state index in [1.165, 1.54) is 5.56 Å². The monoisotopic (exact) mass is 390 g/mol. The maximum Gasteiger partial charge on any atom is 0.258 e. The van der Waals surface area contributed by atoms with Gasteiger partial charge in [-0.15, -0.1) is 11.3 Å². The van der Waals surface area contributed by atoms with E-state index in [0.717, 1.165) is 22.5 Å². The van der Waals surface area contributed by atoms with Crippen LogP contribution in [0.5, 0.6) is 0 Å². The molecule has 142 valence electrons. The Morgan fingerprint density at radius 3 is 2.68 bits per heavy atom. The third kappa shape index (κ3) is 3.85. The maximum absolute atomic E-state index is 13.0. The summed E-state index contributed by atoms with van der Waals surface area (Å²) in [6, 6.07) is 19.6. The number of anilines is 1. The lowest BCUT2D eigenvalue weighted by Gasteiger charge is -2.23. The highest BCUT2D eigenvalue weighted by Crippen LogP contribution is 2.34. The molecule has 0 saturated heterocycles. The van der Waals surface area contributed by atoms with Crippen molar-refractivity contribution in [3.05, 3.63) is 87.6 Å². The van der Waals surface area contributed by atoms with Gasteiger partial charge >= 0.3 is 0 Å². The van der Waals surface area contributed by atoms with Gasteiger partial charge in [-0.05, 0) is 54.1 Å². The molecule has 5 heteroatoms. The van der Waals surface area contributed by atoms with E-state index in [2.05, 4.69) is 18.3 Å². The van der Waals surface area contributed by atoms with Crippen LogP contribution in [0.4, 0.5) is 5.69 Å². The van der Waals surface area contributed by atoms with E-state index in [0.29, 0.717) is 18.5 Å². The van der Waals surface area contributed by atoms with Crippen LogP contribution in [0.25, 0.3) is 0 Å². The van der Waals surface area contributed by atoms with Crippen LogP contribution >= 0.6 is 11.3 Å². The number of hydrogen-bond donors (Lipinski definition) is 1. The molecule has 1 atom stereocenters. The SMILES string of the molecule is C[C@@H]1Cc2ccc(CNC(=O)Cc3cccs3)cc2N1C(=O)c1ccccc1. The van der Waals surface area contributed by atoms with Gasteiger partial charge in [0, 0.05) is 28.7 Å². The topological polar surface area (TPSA) is 49.4 Å². The molecule has 1 aliphatic rings. The molecule has 28 heavy (non-hydrogen) atoms. The summed E-state index contributed by atoms with van der Waals surface area (Å²) in [6.07, 6.45) is 1.25. The number of nitrogens with one attached hydrogen (secondary N) is 1. The normalized spacial score (nSPS) is 15.3. The minimum absolute atomic E-state index is 0.00790. The molecule has 2 heterocycles. The number of carbonyl (C=O) groups is 2. The fraction of sp³-hybridized carbons (Fsp3) is 0.217. The Balaban J connectivity index is 1.48. The largest absolute Gasteiger partial charge is 0.352 e. The van der Waals surface area contributed by atoms with Crippen molar-refractivity contribution in [2.45, 2.75) is 32.4 Å². The number of hydrogen-bond acceptors (Lipinski definition) is 3. The summed E-state index contributed by atoms with van der Waals surface area (Å²) in [5, 5.41) is 4.95. The molecule has 1 aliphatic heterocycles. The van der Waals surface area contributed by atoms with E-state index in [4.69, 9.17) is 0 Å². The molecule has 0 radical (unpaired) electrons. The highest BCUT2D eigenvalue weighted by molar-refractivity contribution is 7.10. The van der Waals surface area contributed by atoms with Crippen molar-refractivity contribution in [2.75, 3.05) is 4.90 Å². The van der Waals surface area contributed by atoms with Crippen LogP contribution in [0.3, 0.4) is 0 Å². The third-order valence-electron chi connectivity index (χ3n) is 5.01. The molecule has 0 unspecified atom stereocenters. The predicted molar refractivity (Wildman–Crippen MR) is 113 cm³/mol. The summed E-state index contributed by atoms with van der Waals surface area (Å²) < 4.78 is 0. The minimum atomic E-state index is 0.00790. The van der Waals surface area contributed by atoms with Crippen LogP contribution in [0, 0.1) is 0 Å². The van der Waals surface area contributed by atoms with Crippen LogP contribution < -0.4 is 10.2 Å². The minimum Gasteiger partial charge on any atom is -0.352 e. The quantitative estimate of drug-likeness (QED) is 0.710. The zero-order chi connectivity index (χ0) is 19.5. The first-order chi connectivity index (χ1) is 13.6. The van der Waals surface area contributed by atoms with E-state index in [9.17, 15) is 9.59 Å². The van der Waals surface area contributed by atoms with Gasteiger partial charge in [0.2, 0.25) is 5.91 Å². The summed E-state index contributed by atoms with van der Waals surface area (Å²) in [4.78, 5) is 28.1. The van der Waals surface area contributed by atoms with Gasteiger partial charge in [-0.1, -0.05) is 36.4 Å². The predicted octanol–water partition coefficient (Wildman–Crippen LogP) is 4.20. The molecule has 2 amide bonds. The highest BCUT2D eigenvalue weighted by atomic mass is 32.1. The molecular weight excluding hydrogens is 368 g/mol. The Labute approximate surface area is 168 Å². The molecule has 1 N–H and O–H groups in total. The molecule has 4 nitrogen and oxygen atoms in total. The van der Waals surface area contributed by atoms with Gasteiger partial charge in [0.25, 0.3) is 5.91 Å². The van der Waals surface area contributed by atoms with Crippen molar-refractivity contribution >= 4 is 28.8 Å². The first kappa shape index (κ1) is 18.4. The third-order valence-corrected chi connectivity index (χ3v) is 5.89. The van der Waals surface area contributed by atoms with Crippen LogP contribution in [-0.4, -0.2) is 17.9 Å². The Morgan fingerprint density at radius 1 is 1.11 bits per heavy atom. The van der Waals surface area contributed by atoms with E-state index in [1.807, 2.05) is 64.9 Å². The highest BCUT2D eigenvalue weighted by Gasteiger charge is 2.31. The van der Waals surface area contributed by atoms with Gasteiger partial charge in [0.15, 0.2) is 0 Å². The van der Waals surface area contributed by atoms with Crippen molar-refractivity contribution in [3.8, 4) is 0 Å². The Morgan fingerprint density at radius 2 is 1.93 bits per heavy atom. The van der Waals surface area contributed by atoms with Crippen molar-refractivity contribution in [3.63, 3.8) is 0 Å². The second-order valence-corrected chi connectivity index (χ2v) is 8.12. The molecular formula is C23H22N2O2S. The molecule has 2 aromatic carbocycles. The smallest absolute Gasteiger partial charge is 0.258 e. The molecule has 4 rings (SSSR count). The Bertz CT molecular complexity index is 983. The summed E-state index contributed by atoms with van der Waals surface area (Å²) in [7, 11) is 0. The number of carbonyl (C=O) groups excluding carboxylic acids is 2. The van der Waals surface area contributed by atoms with Gasteiger partial charge < -0.3 is 10.2 Å². The zero-order valence-electron chi connectivity index (χ0n) is 15.7. The average Bonchev–Trinajstić information content (AvgIpc) is 3.33. The zero-order valence-corrected chi connectivity index (χ0v) is 16.5. The molecule has 0 fully saturated rings. The first-order valence-corrected chi connectivity index (χ1v) is 10.3. The standard InChI is InChI=1S/C23H22N2O2S/c1-16-12-19-10-9-17(15-24-22(26)14-20-8-5-11-28-20)13-21(19)25(16)23(27)18-6-3-2-4-7-18/h2-11,13,16H,12,14-15H2,1H3,(H,24,26)/t16-/m1/s1. The number of amides is 2. The van der Waals surface area contributed by atoms with Crippen molar-refractivity contribution in [2.24, 2.45) is 0 Å². The van der Waals surface area contributed by atoms with Crippen molar-refractivity contribution < 1.29 is 9.59 Å². The van der Waals surface area contributed by atoms with Crippen LogP contribution in [0.15, 0.2) is 66.0 Å². The number of fused-ring (bicyclic) bond motifs is 1. The van der Waals surface area contributed by atoms with E-state index in [-0.39, 0.29) is 17.9 Å². The molecule has 0 spiro atoms. The van der Waals surface area contributed by atoms with Crippen LogP contribution in [0.2, 0.25) is 0 Å². The second kappa shape index (κ2) is 7.98. The number of nitrogens with zero attached hydrogens (tertiary/aromatic N) is 1. The number of rotatable bonds is 5. The molecule has 3 aromatic rings. The van der Waals surface area contributed by atoms with E-state index >= 15 is 0 Å². The molecule has 0 aliphatic carbocycles. The second-order valence-electron chi connectivity index (χ2n) is 7.09. The average molecular weight is 391 g/mol. The molecule has 0 bridgehead atoms. The van der Waals surface area contributed by atoms with Gasteiger partial charge in [0.1, 0.15) is 0 Å². The van der Waals surface area contributed by atoms with E-state index in [1.54, 1.807) is 11.3 Å². The van der Waals surface area contributed by atoms with Crippen LogP contribution in [0.1, 0.15) is 33.3 Å². The van der Waals surface area contributed by atoms with Crippen molar-refractivity contribution in [1.82, 2.24) is 5.32 Å². The Hall–Kier alpha value is -2.92. The fourth-order valence-electron chi connectivity index (χ4n) is 3.63. The number of benzene rings is 2.